The SMILES string of the molecule is Cc1cc(C(=O)NC[C@@H]2CCO[C@H]2c2ccccc2)c2cnn(C(C)C)c2n1. The second-order valence-electron chi connectivity index (χ2n) is 7.69. The molecule has 1 amide bonds. The molecule has 2 atom stereocenters. The lowest BCUT2D eigenvalue weighted by molar-refractivity contribution is 0.0847. The number of carbonyl (C=O) groups excluding carboxylic acids is 1. The first kappa shape index (κ1) is 18.6. The average molecular weight is 378 g/mol. The zero-order valence-electron chi connectivity index (χ0n) is 16.6. The van der Waals surface area contributed by atoms with Crippen LogP contribution in [0.2, 0.25) is 0 Å². The summed E-state index contributed by atoms with van der Waals surface area (Å²) in [4.78, 5) is 17.6. The molecule has 1 N–H and O–H groups in total. The van der Waals surface area contributed by atoms with Gasteiger partial charge in [0.2, 0.25) is 0 Å². The molecule has 0 bridgehead atoms. The largest absolute Gasteiger partial charge is 0.373 e. The minimum absolute atomic E-state index is 0.0318. The molecule has 1 saturated heterocycles. The van der Waals surface area contributed by atoms with Crippen LogP contribution in [0.3, 0.4) is 0 Å². The first-order chi connectivity index (χ1) is 13.5. The predicted octanol–water partition coefficient (Wildman–Crippen LogP) is 3.83. The molecule has 4 rings (SSSR count). The van der Waals surface area contributed by atoms with Crippen molar-refractivity contribution in [3.63, 3.8) is 0 Å². The topological polar surface area (TPSA) is 69.0 Å². The molecule has 6 nitrogen and oxygen atoms in total. The van der Waals surface area contributed by atoms with Gasteiger partial charge >= 0.3 is 0 Å². The van der Waals surface area contributed by atoms with Gasteiger partial charge in [0.05, 0.1) is 23.3 Å². The number of ether oxygens (including phenoxy) is 1. The zero-order chi connectivity index (χ0) is 19.7. The molecule has 146 valence electrons. The van der Waals surface area contributed by atoms with Crippen LogP contribution in [0.25, 0.3) is 11.0 Å². The number of rotatable bonds is 5. The minimum Gasteiger partial charge on any atom is -0.373 e. The number of hydrogen-bond donors (Lipinski definition) is 1. The van der Waals surface area contributed by atoms with E-state index in [1.165, 1.54) is 5.56 Å². The third-order valence-corrected chi connectivity index (χ3v) is 5.30. The number of nitrogens with one attached hydrogen (secondary N) is 1. The van der Waals surface area contributed by atoms with E-state index < -0.39 is 0 Å². The van der Waals surface area contributed by atoms with Crippen LogP contribution in [-0.2, 0) is 4.74 Å². The summed E-state index contributed by atoms with van der Waals surface area (Å²) in [5.41, 5.74) is 3.36. The van der Waals surface area contributed by atoms with Crippen molar-refractivity contribution in [2.24, 2.45) is 5.92 Å². The van der Waals surface area contributed by atoms with Crippen LogP contribution >= 0.6 is 0 Å². The van der Waals surface area contributed by atoms with Gasteiger partial charge in [0, 0.05) is 30.8 Å². The van der Waals surface area contributed by atoms with E-state index in [2.05, 4.69) is 41.4 Å². The highest BCUT2D eigenvalue weighted by Gasteiger charge is 2.30. The summed E-state index contributed by atoms with van der Waals surface area (Å²) in [5.74, 6) is 0.181. The Hall–Kier alpha value is -2.73. The number of benzene rings is 1. The monoisotopic (exact) mass is 378 g/mol. The Morgan fingerprint density at radius 2 is 2.11 bits per heavy atom. The van der Waals surface area contributed by atoms with Crippen molar-refractivity contribution in [3.05, 3.63) is 59.4 Å². The quantitative estimate of drug-likeness (QED) is 0.733. The Labute approximate surface area is 164 Å². The molecule has 0 radical (unpaired) electrons. The first-order valence-corrected chi connectivity index (χ1v) is 9.84. The summed E-state index contributed by atoms with van der Waals surface area (Å²) in [6.45, 7) is 7.32. The smallest absolute Gasteiger partial charge is 0.252 e. The van der Waals surface area contributed by atoms with Gasteiger partial charge in [-0.25, -0.2) is 9.67 Å². The van der Waals surface area contributed by atoms with Gasteiger partial charge in [0.25, 0.3) is 5.91 Å². The number of fused-ring (bicyclic) bond motifs is 1. The molecule has 1 aliphatic rings. The van der Waals surface area contributed by atoms with E-state index >= 15 is 0 Å². The highest BCUT2D eigenvalue weighted by atomic mass is 16.5. The molecule has 0 unspecified atom stereocenters. The predicted molar refractivity (Wildman–Crippen MR) is 108 cm³/mol. The van der Waals surface area contributed by atoms with Gasteiger partial charge in [-0.15, -0.1) is 0 Å². The molecule has 0 aliphatic carbocycles. The maximum Gasteiger partial charge on any atom is 0.252 e. The van der Waals surface area contributed by atoms with Crippen LogP contribution in [0.1, 0.15) is 54.0 Å². The summed E-state index contributed by atoms with van der Waals surface area (Å²) in [6, 6.07) is 12.2. The summed E-state index contributed by atoms with van der Waals surface area (Å²) >= 11 is 0. The van der Waals surface area contributed by atoms with Gasteiger partial charge in [0.15, 0.2) is 5.65 Å². The minimum atomic E-state index is -0.0856. The van der Waals surface area contributed by atoms with Gasteiger partial charge < -0.3 is 10.1 Å². The number of hydrogen-bond acceptors (Lipinski definition) is 4. The fourth-order valence-corrected chi connectivity index (χ4v) is 3.88. The summed E-state index contributed by atoms with van der Waals surface area (Å²) < 4.78 is 7.79. The molecule has 28 heavy (non-hydrogen) atoms. The number of nitrogens with zero attached hydrogens (tertiary/aromatic N) is 3. The molecule has 0 spiro atoms. The maximum absolute atomic E-state index is 13.0. The Morgan fingerprint density at radius 1 is 1.32 bits per heavy atom. The molecule has 0 saturated carbocycles. The van der Waals surface area contributed by atoms with Crippen LogP contribution in [-0.4, -0.2) is 33.8 Å². The van der Waals surface area contributed by atoms with E-state index in [1.807, 2.05) is 35.9 Å². The second kappa shape index (κ2) is 7.72. The van der Waals surface area contributed by atoms with Crippen molar-refractivity contribution in [2.75, 3.05) is 13.2 Å². The van der Waals surface area contributed by atoms with Crippen molar-refractivity contribution in [2.45, 2.75) is 39.3 Å². The molecule has 3 heterocycles. The molecule has 3 aromatic rings. The average Bonchev–Trinajstić information content (AvgIpc) is 3.33. The molecular formula is C22H26N4O2. The third-order valence-electron chi connectivity index (χ3n) is 5.30. The Morgan fingerprint density at radius 3 is 2.86 bits per heavy atom. The standard InChI is InChI=1S/C22H26N4O2/c1-14(2)26-21-19(13-24-26)18(11-15(3)25-21)22(27)23-12-17-9-10-28-20(17)16-7-5-4-6-8-16/h4-8,11,13-14,17,20H,9-10,12H2,1-3H3,(H,23,27)/t17-,20-/m0/s1. The Bertz CT molecular complexity index is 981. The van der Waals surface area contributed by atoms with Crippen molar-refractivity contribution < 1.29 is 9.53 Å². The number of carbonyl (C=O) groups is 1. The van der Waals surface area contributed by atoms with Crippen molar-refractivity contribution >= 4 is 16.9 Å². The van der Waals surface area contributed by atoms with E-state index in [1.54, 1.807) is 6.20 Å². The van der Waals surface area contributed by atoms with E-state index in [0.29, 0.717) is 12.1 Å². The van der Waals surface area contributed by atoms with E-state index in [-0.39, 0.29) is 24.0 Å². The Kier molecular flexibility index (Phi) is 5.13. The van der Waals surface area contributed by atoms with Crippen LogP contribution in [0.5, 0.6) is 0 Å². The number of aromatic nitrogens is 3. The summed E-state index contributed by atoms with van der Waals surface area (Å²) in [7, 11) is 0. The van der Waals surface area contributed by atoms with Crippen molar-refractivity contribution in [3.8, 4) is 0 Å². The van der Waals surface area contributed by atoms with Crippen LogP contribution < -0.4 is 5.32 Å². The Balaban J connectivity index is 1.53. The van der Waals surface area contributed by atoms with Gasteiger partial charge in [-0.3, -0.25) is 4.79 Å². The van der Waals surface area contributed by atoms with Gasteiger partial charge in [0.1, 0.15) is 0 Å². The van der Waals surface area contributed by atoms with Gasteiger partial charge in [-0.2, -0.15) is 5.10 Å². The highest BCUT2D eigenvalue weighted by molar-refractivity contribution is 6.05. The zero-order valence-corrected chi connectivity index (χ0v) is 16.6. The van der Waals surface area contributed by atoms with Crippen LogP contribution in [0, 0.1) is 12.8 Å². The lowest BCUT2D eigenvalue weighted by atomic mass is 9.95. The van der Waals surface area contributed by atoms with Crippen molar-refractivity contribution in [1.29, 1.82) is 0 Å². The van der Waals surface area contributed by atoms with E-state index in [4.69, 9.17) is 4.74 Å². The van der Waals surface area contributed by atoms with Crippen molar-refractivity contribution in [1.82, 2.24) is 20.1 Å². The summed E-state index contributed by atoms with van der Waals surface area (Å²) in [6.07, 6.45) is 2.71. The fourth-order valence-electron chi connectivity index (χ4n) is 3.88. The van der Waals surface area contributed by atoms with Crippen LogP contribution in [0.15, 0.2) is 42.6 Å². The molecule has 6 heteroatoms. The number of aryl methyl sites for hydroxylation is 1. The number of amides is 1. The molecule has 2 aromatic heterocycles. The molecule has 1 aliphatic heterocycles. The molecule has 1 fully saturated rings. The summed E-state index contributed by atoms with van der Waals surface area (Å²) in [5, 5.41) is 8.33. The maximum atomic E-state index is 13.0. The fraction of sp³-hybridized carbons (Fsp3) is 0.409. The second-order valence-corrected chi connectivity index (χ2v) is 7.69. The highest BCUT2D eigenvalue weighted by Crippen LogP contribution is 2.34. The normalized spacial score (nSPS) is 19.4. The molecule has 1 aromatic carbocycles. The van der Waals surface area contributed by atoms with Gasteiger partial charge in [-0.1, -0.05) is 30.3 Å². The first-order valence-electron chi connectivity index (χ1n) is 9.84. The number of pyridine rings is 1. The van der Waals surface area contributed by atoms with E-state index in [0.717, 1.165) is 29.8 Å². The van der Waals surface area contributed by atoms with Crippen LogP contribution in [0.4, 0.5) is 0 Å². The lowest BCUT2D eigenvalue weighted by Gasteiger charge is -2.19. The van der Waals surface area contributed by atoms with E-state index in [9.17, 15) is 4.79 Å². The third kappa shape index (κ3) is 3.52. The lowest BCUT2D eigenvalue weighted by Crippen LogP contribution is -2.30. The molecular weight excluding hydrogens is 352 g/mol. The van der Waals surface area contributed by atoms with Gasteiger partial charge in [-0.05, 0) is 38.8 Å².